The molecule has 0 aromatic carbocycles. The number of nitrogens with zero attached hydrogens (tertiary/aromatic N) is 3. The van der Waals surface area contributed by atoms with E-state index in [2.05, 4.69) is 41.0 Å². The highest BCUT2D eigenvalue weighted by molar-refractivity contribution is 5.01. The molecule has 0 aromatic rings. The average Bonchev–Trinajstić information content (AvgIpc) is 3.22. The van der Waals surface area contributed by atoms with Crippen molar-refractivity contribution < 1.29 is 0 Å². The van der Waals surface area contributed by atoms with Gasteiger partial charge in [-0.15, -0.1) is 0 Å². The van der Waals surface area contributed by atoms with Crippen molar-refractivity contribution in [1.82, 2.24) is 20.0 Å². The maximum atomic E-state index is 3.84. The molecule has 2 unspecified atom stereocenters. The van der Waals surface area contributed by atoms with Gasteiger partial charge in [0.2, 0.25) is 0 Å². The zero-order valence-corrected chi connectivity index (χ0v) is 13.6. The van der Waals surface area contributed by atoms with E-state index in [1.54, 1.807) is 0 Å². The van der Waals surface area contributed by atoms with Crippen LogP contribution in [0.1, 0.15) is 26.2 Å². The molecule has 0 aromatic heterocycles. The highest BCUT2D eigenvalue weighted by Gasteiger charge is 2.43. The number of rotatable bonds is 3. The molecule has 0 radical (unpaired) electrons. The monoisotopic (exact) mass is 280 g/mol. The van der Waals surface area contributed by atoms with Crippen molar-refractivity contribution in [2.24, 2.45) is 5.92 Å². The third-order valence-corrected chi connectivity index (χ3v) is 5.66. The molecule has 0 amide bonds. The third-order valence-electron chi connectivity index (χ3n) is 5.66. The fourth-order valence-electron chi connectivity index (χ4n) is 4.02. The van der Waals surface area contributed by atoms with E-state index < -0.39 is 0 Å². The Morgan fingerprint density at radius 1 is 1.15 bits per heavy atom. The Morgan fingerprint density at radius 2 is 1.95 bits per heavy atom. The van der Waals surface area contributed by atoms with E-state index in [1.807, 2.05) is 0 Å². The highest BCUT2D eigenvalue weighted by atomic mass is 15.3. The van der Waals surface area contributed by atoms with Gasteiger partial charge in [-0.3, -0.25) is 9.80 Å². The standard InChI is InChI=1S/C16H32N4/c1-16(14-5-6-14)13-20(8-4-7-17-16)12-15-11-18(2)9-10-19(15)3/h14-15,17H,4-13H2,1-3H3. The van der Waals surface area contributed by atoms with Gasteiger partial charge in [-0.2, -0.15) is 0 Å². The van der Waals surface area contributed by atoms with Crippen molar-refractivity contribution in [2.45, 2.75) is 37.8 Å². The molecule has 2 heterocycles. The molecule has 2 aliphatic heterocycles. The van der Waals surface area contributed by atoms with Crippen LogP contribution in [0.3, 0.4) is 0 Å². The van der Waals surface area contributed by atoms with E-state index in [0.717, 1.165) is 5.92 Å². The number of piperazine rings is 1. The third kappa shape index (κ3) is 3.35. The molecular formula is C16H32N4. The lowest BCUT2D eigenvalue weighted by atomic mass is 9.95. The van der Waals surface area contributed by atoms with E-state index >= 15 is 0 Å². The van der Waals surface area contributed by atoms with Gasteiger partial charge in [-0.1, -0.05) is 0 Å². The van der Waals surface area contributed by atoms with Crippen LogP contribution in [0.5, 0.6) is 0 Å². The van der Waals surface area contributed by atoms with E-state index in [1.165, 1.54) is 65.1 Å². The molecule has 2 saturated heterocycles. The zero-order chi connectivity index (χ0) is 14.2. The van der Waals surface area contributed by atoms with Gasteiger partial charge in [0.05, 0.1) is 0 Å². The van der Waals surface area contributed by atoms with Crippen molar-refractivity contribution in [3.63, 3.8) is 0 Å². The molecular weight excluding hydrogens is 248 g/mol. The van der Waals surface area contributed by atoms with Crippen LogP contribution >= 0.6 is 0 Å². The van der Waals surface area contributed by atoms with Gasteiger partial charge in [-0.25, -0.2) is 0 Å². The molecule has 116 valence electrons. The fraction of sp³-hybridized carbons (Fsp3) is 1.00. The average molecular weight is 280 g/mol. The summed E-state index contributed by atoms with van der Waals surface area (Å²) in [7, 11) is 4.56. The van der Waals surface area contributed by atoms with Crippen molar-refractivity contribution in [1.29, 1.82) is 0 Å². The van der Waals surface area contributed by atoms with Crippen LogP contribution < -0.4 is 5.32 Å². The second-order valence-corrected chi connectivity index (χ2v) is 7.60. The van der Waals surface area contributed by atoms with Crippen LogP contribution in [-0.2, 0) is 0 Å². The Balaban J connectivity index is 1.60. The van der Waals surface area contributed by atoms with Crippen LogP contribution in [0.2, 0.25) is 0 Å². The molecule has 1 N–H and O–H groups in total. The first-order valence-corrected chi connectivity index (χ1v) is 8.43. The van der Waals surface area contributed by atoms with Gasteiger partial charge in [0.1, 0.15) is 0 Å². The molecule has 3 fully saturated rings. The summed E-state index contributed by atoms with van der Waals surface area (Å²) in [6.45, 7) is 11.1. The SMILES string of the molecule is CN1CCN(C)C(CN2CCCNC(C)(C3CC3)C2)C1. The van der Waals surface area contributed by atoms with Crippen LogP contribution in [-0.4, -0.2) is 86.2 Å². The lowest BCUT2D eigenvalue weighted by Crippen LogP contribution is -2.57. The van der Waals surface area contributed by atoms with Crippen molar-refractivity contribution >= 4 is 0 Å². The van der Waals surface area contributed by atoms with E-state index in [9.17, 15) is 0 Å². The van der Waals surface area contributed by atoms with Crippen LogP contribution in [0, 0.1) is 5.92 Å². The first-order valence-electron chi connectivity index (χ1n) is 8.43. The van der Waals surface area contributed by atoms with Gasteiger partial charge in [0, 0.05) is 44.3 Å². The molecule has 0 spiro atoms. The predicted molar refractivity (Wildman–Crippen MR) is 84.1 cm³/mol. The molecule has 1 saturated carbocycles. The maximum absolute atomic E-state index is 3.84. The molecule has 3 rings (SSSR count). The quantitative estimate of drug-likeness (QED) is 0.821. The maximum Gasteiger partial charge on any atom is 0.0347 e. The Morgan fingerprint density at radius 3 is 2.70 bits per heavy atom. The number of hydrogen-bond acceptors (Lipinski definition) is 4. The lowest BCUT2D eigenvalue weighted by Gasteiger charge is -2.41. The zero-order valence-electron chi connectivity index (χ0n) is 13.6. The smallest absolute Gasteiger partial charge is 0.0347 e. The van der Waals surface area contributed by atoms with Crippen molar-refractivity contribution in [2.75, 3.05) is 59.9 Å². The summed E-state index contributed by atoms with van der Waals surface area (Å²) in [6, 6.07) is 0.704. The number of nitrogens with one attached hydrogen (secondary N) is 1. The molecule has 0 bridgehead atoms. The van der Waals surface area contributed by atoms with Gasteiger partial charge in [-0.05, 0) is 59.3 Å². The van der Waals surface area contributed by atoms with Crippen LogP contribution in [0.4, 0.5) is 0 Å². The topological polar surface area (TPSA) is 21.8 Å². The minimum atomic E-state index is 0.371. The van der Waals surface area contributed by atoms with E-state index in [-0.39, 0.29) is 0 Å². The Kier molecular flexibility index (Phi) is 4.37. The molecule has 4 heteroatoms. The molecule has 20 heavy (non-hydrogen) atoms. The molecule has 3 aliphatic rings. The number of likely N-dealkylation sites (N-methyl/N-ethyl adjacent to an activating group) is 2. The lowest BCUT2D eigenvalue weighted by molar-refractivity contribution is 0.0751. The van der Waals surface area contributed by atoms with Crippen molar-refractivity contribution in [3.8, 4) is 0 Å². The van der Waals surface area contributed by atoms with Crippen LogP contribution in [0.25, 0.3) is 0 Å². The van der Waals surface area contributed by atoms with Gasteiger partial charge in [0.15, 0.2) is 0 Å². The first-order chi connectivity index (χ1) is 9.57. The second-order valence-electron chi connectivity index (χ2n) is 7.60. The largest absolute Gasteiger partial charge is 0.310 e. The predicted octanol–water partition coefficient (Wildman–Crippen LogP) is 0.696. The van der Waals surface area contributed by atoms with E-state index in [0.29, 0.717) is 11.6 Å². The summed E-state index contributed by atoms with van der Waals surface area (Å²) in [4.78, 5) is 7.78. The molecule has 1 aliphatic carbocycles. The fourth-order valence-corrected chi connectivity index (χ4v) is 4.02. The summed E-state index contributed by atoms with van der Waals surface area (Å²) in [5, 5.41) is 3.84. The Bertz CT molecular complexity index is 330. The van der Waals surface area contributed by atoms with Gasteiger partial charge in [0.25, 0.3) is 0 Å². The minimum absolute atomic E-state index is 0.371. The van der Waals surface area contributed by atoms with Crippen LogP contribution in [0.15, 0.2) is 0 Å². The van der Waals surface area contributed by atoms with Crippen molar-refractivity contribution in [3.05, 3.63) is 0 Å². The Hall–Kier alpha value is -0.160. The number of hydrogen-bond donors (Lipinski definition) is 1. The first kappa shape index (κ1) is 14.8. The Labute approximate surface area is 124 Å². The van der Waals surface area contributed by atoms with E-state index in [4.69, 9.17) is 0 Å². The summed E-state index contributed by atoms with van der Waals surface area (Å²) < 4.78 is 0. The summed E-state index contributed by atoms with van der Waals surface area (Å²) in [6.07, 6.45) is 4.17. The highest BCUT2D eigenvalue weighted by Crippen LogP contribution is 2.40. The molecule has 4 nitrogen and oxygen atoms in total. The second kappa shape index (κ2) is 5.91. The summed E-state index contributed by atoms with van der Waals surface area (Å²) in [5.41, 5.74) is 0.371. The summed E-state index contributed by atoms with van der Waals surface area (Å²) >= 11 is 0. The molecule has 2 atom stereocenters. The minimum Gasteiger partial charge on any atom is -0.310 e. The van der Waals surface area contributed by atoms with Gasteiger partial charge >= 0.3 is 0 Å². The summed E-state index contributed by atoms with van der Waals surface area (Å²) in [5.74, 6) is 0.926. The van der Waals surface area contributed by atoms with Gasteiger partial charge < -0.3 is 10.2 Å². The normalized spacial score (nSPS) is 38.9.